The Morgan fingerprint density at radius 2 is 1.33 bits per heavy atom. The molecule has 3 aromatic carbocycles. The van der Waals surface area contributed by atoms with Gasteiger partial charge in [-0.05, 0) is 41.2 Å². The molecule has 0 unspecified atom stereocenters. The molecule has 3 heteroatoms. The van der Waals surface area contributed by atoms with Crippen LogP contribution in [0, 0.1) is 0 Å². The van der Waals surface area contributed by atoms with Crippen molar-refractivity contribution in [3.05, 3.63) is 101 Å². The summed E-state index contributed by atoms with van der Waals surface area (Å²) in [5.41, 5.74) is 11.0. The van der Waals surface area contributed by atoms with Crippen LogP contribution in [0.15, 0.2) is 72.8 Å². The number of rotatable bonds is 5. The van der Waals surface area contributed by atoms with Gasteiger partial charge >= 0.3 is 5.97 Å². The molecule has 0 fully saturated rings. The normalized spacial score (nSPS) is 10.5. The van der Waals surface area contributed by atoms with E-state index in [2.05, 4.69) is 12.1 Å². The van der Waals surface area contributed by atoms with Crippen LogP contribution in [0.2, 0.25) is 0 Å². The minimum Gasteiger partial charge on any atom is -0.478 e. The highest BCUT2D eigenvalue weighted by Crippen LogP contribution is 2.27. The second-order valence-corrected chi connectivity index (χ2v) is 5.79. The summed E-state index contributed by atoms with van der Waals surface area (Å²) >= 11 is 0. The number of benzene rings is 3. The topological polar surface area (TPSA) is 63.3 Å². The van der Waals surface area contributed by atoms with Crippen molar-refractivity contribution >= 4 is 11.7 Å². The van der Waals surface area contributed by atoms with E-state index in [0.29, 0.717) is 12.1 Å². The number of nitrogens with two attached hydrogens (primary N) is 1. The van der Waals surface area contributed by atoms with Crippen LogP contribution in [0.25, 0.3) is 0 Å². The second kappa shape index (κ2) is 7.01. The van der Waals surface area contributed by atoms with Gasteiger partial charge in [0, 0.05) is 5.69 Å². The lowest BCUT2D eigenvalue weighted by Crippen LogP contribution is -2.09. The summed E-state index contributed by atoms with van der Waals surface area (Å²) in [5, 5.41) is 9.36. The fraction of sp³-hybridized carbons (Fsp3) is 0.0952. The van der Waals surface area contributed by atoms with Crippen LogP contribution in [0.1, 0.15) is 32.6 Å². The summed E-state index contributed by atoms with van der Waals surface area (Å²) in [6.45, 7) is 0. The van der Waals surface area contributed by atoms with E-state index in [1.807, 2.05) is 54.6 Å². The van der Waals surface area contributed by atoms with Gasteiger partial charge in [-0.25, -0.2) is 4.79 Å². The van der Waals surface area contributed by atoms with E-state index in [1.54, 1.807) is 6.07 Å². The van der Waals surface area contributed by atoms with Crippen molar-refractivity contribution in [2.75, 3.05) is 5.73 Å². The minimum atomic E-state index is -0.993. The maximum absolute atomic E-state index is 11.4. The molecule has 3 nitrogen and oxygen atoms in total. The van der Waals surface area contributed by atoms with Crippen LogP contribution in [0.3, 0.4) is 0 Å². The Bertz CT molecular complexity index is 842. The zero-order valence-electron chi connectivity index (χ0n) is 13.3. The number of hydrogen-bond acceptors (Lipinski definition) is 2. The standard InChI is InChI=1S/C21H19NO2/c22-20-18(21(23)24)12-11-17(13-15-7-3-1-4-8-15)19(20)14-16-9-5-2-6-10-16/h1-12H,13-14,22H2,(H,23,24). The van der Waals surface area contributed by atoms with Gasteiger partial charge in [-0.3, -0.25) is 0 Å². The molecule has 3 rings (SSSR count). The third-order valence-corrected chi connectivity index (χ3v) is 4.15. The van der Waals surface area contributed by atoms with E-state index in [1.165, 1.54) is 5.56 Å². The molecule has 0 aromatic heterocycles. The molecule has 0 aliphatic rings. The van der Waals surface area contributed by atoms with E-state index in [0.717, 1.165) is 23.1 Å². The van der Waals surface area contributed by atoms with E-state index in [4.69, 9.17) is 5.73 Å². The van der Waals surface area contributed by atoms with Crippen molar-refractivity contribution in [1.29, 1.82) is 0 Å². The molecule has 0 radical (unpaired) electrons. The number of carboxylic acids is 1. The molecule has 3 N–H and O–H groups in total. The van der Waals surface area contributed by atoms with E-state index in [-0.39, 0.29) is 5.56 Å². The predicted octanol–water partition coefficient (Wildman–Crippen LogP) is 4.15. The molecular formula is C21H19NO2. The number of carboxylic acid groups (broad SMARTS) is 1. The minimum absolute atomic E-state index is 0.165. The van der Waals surface area contributed by atoms with Crippen molar-refractivity contribution in [3.63, 3.8) is 0 Å². The third kappa shape index (κ3) is 3.46. The van der Waals surface area contributed by atoms with Gasteiger partial charge in [-0.15, -0.1) is 0 Å². The van der Waals surface area contributed by atoms with Gasteiger partial charge in [0.1, 0.15) is 0 Å². The summed E-state index contributed by atoms with van der Waals surface area (Å²) in [4.78, 5) is 11.4. The Labute approximate surface area is 141 Å². The maximum Gasteiger partial charge on any atom is 0.337 e. The summed E-state index contributed by atoms with van der Waals surface area (Å²) in [7, 11) is 0. The van der Waals surface area contributed by atoms with Crippen molar-refractivity contribution in [2.24, 2.45) is 0 Å². The lowest BCUT2D eigenvalue weighted by Gasteiger charge is -2.15. The van der Waals surface area contributed by atoms with Gasteiger partial charge in [-0.1, -0.05) is 66.7 Å². The first kappa shape index (κ1) is 15.8. The van der Waals surface area contributed by atoms with E-state index >= 15 is 0 Å². The molecule has 0 atom stereocenters. The summed E-state index contributed by atoms with van der Waals surface area (Å²) in [5.74, 6) is -0.993. The number of anilines is 1. The molecule has 24 heavy (non-hydrogen) atoms. The first-order chi connectivity index (χ1) is 11.6. The number of hydrogen-bond donors (Lipinski definition) is 2. The van der Waals surface area contributed by atoms with Crippen molar-refractivity contribution < 1.29 is 9.90 Å². The third-order valence-electron chi connectivity index (χ3n) is 4.15. The van der Waals surface area contributed by atoms with Crippen LogP contribution in [0.4, 0.5) is 5.69 Å². The highest BCUT2D eigenvalue weighted by atomic mass is 16.4. The van der Waals surface area contributed by atoms with Crippen LogP contribution in [-0.2, 0) is 12.8 Å². The summed E-state index contributed by atoms with van der Waals surface area (Å²) in [6, 6.07) is 23.6. The van der Waals surface area contributed by atoms with Gasteiger partial charge in [-0.2, -0.15) is 0 Å². The lowest BCUT2D eigenvalue weighted by molar-refractivity contribution is 0.0698. The van der Waals surface area contributed by atoms with Gasteiger partial charge in [0.05, 0.1) is 5.56 Å². The highest BCUT2D eigenvalue weighted by molar-refractivity contribution is 5.94. The molecule has 0 bridgehead atoms. The quantitative estimate of drug-likeness (QED) is 0.695. The Balaban J connectivity index is 2.04. The van der Waals surface area contributed by atoms with Crippen molar-refractivity contribution in [3.8, 4) is 0 Å². The first-order valence-electron chi connectivity index (χ1n) is 7.86. The number of aromatic carboxylic acids is 1. The Morgan fingerprint density at radius 3 is 1.88 bits per heavy atom. The molecule has 0 amide bonds. The van der Waals surface area contributed by atoms with Crippen LogP contribution in [-0.4, -0.2) is 11.1 Å². The van der Waals surface area contributed by atoms with Crippen molar-refractivity contribution in [2.45, 2.75) is 12.8 Å². The van der Waals surface area contributed by atoms with E-state index in [9.17, 15) is 9.90 Å². The van der Waals surface area contributed by atoms with Crippen LogP contribution >= 0.6 is 0 Å². The number of carbonyl (C=O) groups is 1. The fourth-order valence-corrected chi connectivity index (χ4v) is 2.89. The summed E-state index contributed by atoms with van der Waals surface area (Å²) < 4.78 is 0. The molecule has 0 saturated heterocycles. The number of nitrogen functional groups attached to an aromatic ring is 1. The Morgan fingerprint density at radius 1 is 0.792 bits per heavy atom. The van der Waals surface area contributed by atoms with Crippen LogP contribution < -0.4 is 5.73 Å². The fourth-order valence-electron chi connectivity index (χ4n) is 2.89. The van der Waals surface area contributed by atoms with Gasteiger partial charge < -0.3 is 10.8 Å². The summed E-state index contributed by atoms with van der Waals surface area (Å²) in [6.07, 6.45) is 1.35. The Hall–Kier alpha value is -3.07. The average molecular weight is 317 g/mol. The van der Waals surface area contributed by atoms with Crippen molar-refractivity contribution in [1.82, 2.24) is 0 Å². The monoisotopic (exact) mass is 317 g/mol. The molecule has 0 saturated carbocycles. The maximum atomic E-state index is 11.4. The van der Waals surface area contributed by atoms with Crippen LogP contribution in [0.5, 0.6) is 0 Å². The second-order valence-electron chi connectivity index (χ2n) is 5.79. The molecule has 0 aliphatic heterocycles. The zero-order chi connectivity index (χ0) is 16.9. The van der Waals surface area contributed by atoms with Gasteiger partial charge in [0.25, 0.3) is 0 Å². The average Bonchev–Trinajstić information content (AvgIpc) is 2.59. The molecule has 0 heterocycles. The Kier molecular flexibility index (Phi) is 4.62. The molecule has 3 aromatic rings. The highest BCUT2D eigenvalue weighted by Gasteiger charge is 2.16. The predicted molar refractivity (Wildman–Crippen MR) is 96.3 cm³/mol. The smallest absolute Gasteiger partial charge is 0.337 e. The molecule has 120 valence electrons. The molecular weight excluding hydrogens is 298 g/mol. The van der Waals surface area contributed by atoms with Gasteiger partial charge in [0.2, 0.25) is 0 Å². The molecule has 0 spiro atoms. The van der Waals surface area contributed by atoms with E-state index < -0.39 is 5.97 Å². The molecule has 0 aliphatic carbocycles. The zero-order valence-corrected chi connectivity index (χ0v) is 13.3. The SMILES string of the molecule is Nc1c(C(=O)O)ccc(Cc2ccccc2)c1Cc1ccccc1. The first-order valence-corrected chi connectivity index (χ1v) is 7.86. The lowest BCUT2D eigenvalue weighted by atomic mass is 9.91. The van der Waals surface area contributed by atoms with Gasteiger partial charge in [0.15, 0.2) is 0 Å². The largest absolute Gasteiger partial charge is 0.478 e.